The van der Waals surface area contributed by atoms with Crippen LogP contribution in [0.2, 0.25) is 0 Å². The molecular formula is C23H25N7O4. The molecule has 0 radical (unpaired) electrons. The van der Waals surface area contributed by atoms with Gasteiger partial charge in [-0.25, -0.2) is 4.79 Å². The lowest BCUT2D eigenvalue weighted by molar-refractivity contribution is 0.0526. The number of esters is 1. The van der Waals surface area contributed by atoms with Gasteiger partial charge in [-0.2, -0.15) is 10.5 Å². The summed E-state index contributed by atoms with van der Waals surface area (Å²) in [6, 6.07) is 12.9. The van der Waals surface area contributed by atoms with E-state index in [2.05, 4.69) is 31.3 Å². The summed E-state index contributed by atoms with van der Waals surface area (Å²) in [5.41, 5.74) is 2.92. The molecule has 0 unspecified atom stereocenters. The van der Waals surface area contributed by atoms with Gasteiger partial charge in [0, 0.05) is 12.7 Å². The van der Waals surface area contributed by atoms with Gasteiger partial charge in [-0.05, 0) is 54.5 Å². The highest BCUT2D eigenvalue weighted by molar-refractivity contribution is 5.92. The first-order valence-corrected chi connectivity index (χ1v) is 10.5. The Balaban J connectivity index is 1.79. The first-order chi connectivity index (χ1) is 16.6. The van der Waals surface area contributed by atoms with Crippen LogP contribution in [0, 0.1) is 11.3 Å². The molecule has 0 aliphatic rings. The number of nitriles is 1. The lowest BCUT2D eigenvalue weighted by atomic mass is 10.1. The van der Waals surface area contributed by atoms with Crippen LogP contribution in [0.25, 0.3) is 5.57 Å². The van der Waals surface area contributed by atoms with E-state index in [-0.39, 0.29) is 18.0 Å². The number of H-pyrrole nitrogens is 1. The smallest absolute Gasteiger partial charge is 0.338 e. The number of anilines is 2. The second-order valence-corrected chi connectivity index (χ2v) is 6.90. The van der Waals surface area contributed by atoms with Gasteiger partial charge in [0.05, 0.1) is 37.8 Å². The van der Waals surface area contributed by atoms with Gasteiger partial charge in [0.15, 0.2) is 11.5 Å². The minimum atomic E-state index is -0.440. The van der Waals surface area contributed by atoms with Crippen molar-refractivity contribution in [2.45, 2.75) is 13.3 Å². The number of nitrogens with zero attached hydrogens (tertiary/aromatic N) is 4. The molecule has 0 saturated heterocycles. The number of hydrogen-bond acceptors (Lipinski definition) is 10. The number of carbonyl (C=O) groups is 1. The normalized spacial score (nSPS) is 10.8. The van der Waals surface area contributed by atoms with Crippen molar-refractivity contribution < 1.29 is 19.0 Å². The molecule has 0 spiro atoms. The first-order valence-electron chi connectivity index (χ1n) is 10.5. The van der Waals surface area contributed by atoms with Crippen molar-refractivity contribution in [1.82, 2.24) is 20.6 Å². The molecule has 0 amide bonds. The predicted molar refractivity (Wildman–Crippen MR) is 126 cm³/mol. The molecule has 0 aliphatic heterocycles. The van der Waals surface area contributed by atoms with Crippen molar-refractivity contribution in [3.8, 4) is 17.6 Å². The van der Waals surface area contributed by atoms with Gasteiger partial charge >= 0.3 is 5.97 Å². The van der Waals surface area contributed by atoms with E-state index in [0.29, 0.717) is 35.7 Å². The number of allylic oxidation sites excluding steroid dienone is 1. The molecule has 3 N–H and O–H groups in total. The fourth-order valence-electron chi connectivity index (χ4n) is 3.11. The Bertz CT molecular complexity index is 1190. The van der Waals surface area contributed by atoms with Crippen LogP contribution in [0.1, 0.15) is 28.7 Å². The van der Waals surface area contributed by atoms with Gasteiger partial charge < -0.3 is 24.8 Å². The molecule has 0 fully saturated rings. The predicted octanol–water partition coefficient (Wildman–Crippen LogP) is 3.02. The largest absolute Gasteiger partial charge is 0.493 e. The van der Waals surface area contributed by atoms with Gasteiger partial charge in [0.25, 0.3) is 0 Å². The highest BCUT2D eigenvalue weighted by atomic mass is 16.5. The van der Waals surface area contributed by atoms with Crippen LogP contribution >= 0.6 is 0 Å². The van der Waals surface area contributed by atoms with Gasteiger partial charge in [-0.3, -0.25) is 0 Å². The van der Waals surface area contributed by atoms with Crippen LogP contribution in [0.4, 0.5) is 11.4 Å². The summed E-state index contributed by atoms with van der Waals surface area (Å²) < 4.78 is 15.7. The van der Waals surface area contributed by atoms with Crippen LogP contribution in [0.3, 0.4) is 0 Å². The monoisotopic (exact) mass is 463 g/mol. The Morgan fingerprint density at radius 2 is 1.97 bits per heavy atom. The van der Waals surface area contributed by atoms with Crippen molar-refractivity contribution in [3.05, 3.63) is 59.5 Å². The Morgan fingerprint density at radius 3 is 2.65 bits per heavy atom. The van der Waals surface area contributed by atoms with Gasteiger partial charge in [0.1, 0.15) is 11.6 Å². The van der Waals surface area contributed by atoms with E-state index in [0.717, 1.165) is 11.3 Å². The molecule has 0 aliphatic carbocycles. The number of carbonyl (C=O) groups excluding carboxylic acids is 1. The van der Waals surface area contributed by atoms with E-state index in [4.69, 9.17) is 14.2 Å². The molecule has 0 atom stereocenters. The second kappa shape index (κ2) is 11.9. The van der Waals surface area contributed by atoms with Gasteiger partial charge in [0.2, 0.25) is 5.82 Å². The van der Waals surface area contributed by atoms with Crippen LogP contribution < -0.4 is 20.1 Å². The molecule has 11 heteroatoms. The molecule has 1 heterocycles. The number of ether oxygens (including phenoxy) is 3. The van der Waals surface area contributed by atoms with Crippen LogP contribution in [-0.2, 0) is 11.2 Å². The van der Waals surface area contributed by atoms with Crippen LogP contribution in [0.5, 0.6) is 11.5 Å². The Labute approximate surface area is 196 Å². The number of hydrogen-bond donors (Lipinski definition) is 3. The Morgan fingerprint density at radius 1 is 1.15 bits per heavy atom. The molecule has 176 valence electrons. The van der Waals surface area contributed by atoms with E-state index in [1.165, 1.54) is 6.20 Å². The lowest BCUT2D eigenvalue weighted by Crippen LogP contribution is -2.09. The average Bonchev–Trinajstić information content (AvgIpc) is 3.40. The van der Waals surface area contributed by atoms with Crippen molar-refractivity contribution in [2.75, 3.05) is 38.0 Å². The summed E-state index contributed by atoms with van der Waals surface area (Å²) in [6.45, 7) is 2.61. The molecule has 1 aromatic heterocycles. The minimum absolute atomic E-state index is 0.152. The van der Waals surface area contributed by atoms with Crippen LogP contribution in [0.15, 0.2) is 42.6 Å². The molecule has 3 rings (SSSR count). The number of aromatic amines is 1. The van der Waals surface area contributed by atoms with E-state index in [1.807, 2.05) is 24.3 Å². The van der Waals surface area contributed by atoms with E-state index in [9.17, 15) is 10.1 Å². The topological polar surface area (TPSA) is 147 Å². The fourth-order valence-corrected chi connectivity index (χ4v) is 3.11. The average molecular weight is 463 g/mol. The molecule has 2 aromatic carbocycles. The van der Waals surface area contributed by atoms with Crippen molar-refractivity contribution in [2.24, 2.45) is 0 Å². The molecular weight excluding hydrogens is 438 g/mol. The highest BCUT2D eigenvalue weighted by Crippen LogP contribution is 2.28. The summed E-state index contributed by atoms with van der Waals surface area (Å²) in [5, 5.41) is 29.2. The summed E-state index contributed by atoms with van der Waals surface area (Å²) in [4.78, 5) is 12.2. The number of tetrazole rings is 1. The number of rotatable bonds is 11. The molecule has 11 nitrogen and oxygen atoms in total. The zero-order valence-electron chi connectivity index (χ0n) is 19.1. The van der Waals surface area contributed by atoms with Crippen LogP contribution in [-0.4, -0.2) is 54.0 Å². The SMILES string of the molecule is CCOC(=O)c1ccc(NCCc2ccc(OC)c(OC)c2)c(NC=C(C#N)c2nn[nH]n2)c1. The third-order valence-electron chi connectivity index (χ3n) is 4.79. The summed E-state index contributed by atoms with van der Waals surface area (Å²) in [5.74, 6) is 1.04. The number of methoxy groups -OCH3 is 2. The summed E-state index contributed by atoms with van der Waals surface area (Å²) in [6.07, 6.45) is 2.16. The van der Waals surface area contributed by atoms with Gasteiger partial charge in [-0.15, -0.1) is 10.2 Å². The second-order valence-electron chi connectivity index (χ2n) is 6.90. The lowest BCUT2D eigenvalue weighted by Gasteiger charge is -2.14. The maximum Gasteiger partial charge on any atom is 0.338 e. The van der Waals surface area contributed by atoms with Crippen molar-refractivity contribution in [3.63, 3.8) is 0 Å². The van der Waals surface area contributed by atoms with E-state index in [1.54, 1.807) is 39.3 Å². The molecule has 0 saturated carbocycles. The molecule has 34 heavy (non-hydrogen) atoms. The molecule has 3 aromatic rings. The van der Waals surface area contributed by atoms with Crippen molar-refractivity contribution in [1.29, 1.82) is 5.26 Å². The Hall–Kier alpha value is -4.59. The minimum Gasteiger partial charge on any atom is -0.493 e. The zero-order chi connectivity index (χ0) is 24.3. The third kappa shape index (κ3) is 6.01. The number of aromatic nitrogens is 4. The Kier molecular flexibility index (Phi) is 8.40. The highest BCUT2D eigenvalue weighted by Gasteiger charge is 2.12. The summed E-state index contributed by atoms with van der Waals surface area (Å²) >= 11 is 0. The number of nitrogens with one attached hydrogen (secondary N) is 3. The summed E-state index contributed by atoms with van der Waals surface area (Å²) in [7, 11) is 3.19. The van der Waals surface area contributed by atoms with Gasteiger partial charge in [-0.1, -0.05) is 6.07 Å². The first kappa shape index (κ1) is 24.1. The van der Waals surface area contributed by atoms with E-state index >= 15 is 0 Å². The maximum absolute atomic E-state index is 12.2. The standard InChI is InChI=1S/C23H25N7O4/c1-4-34-23(31)16-6-7-18(19(12-16)26-14-17(13-24)22-27-29-30-28-22)25-10-9-15-5-8-20(32-2)21(11-15)33-3/h5-8,11-12,14,25-26H,4,9-10H2,1-3H3,(H,27,28,29,30). The zero-order valence-corrected chi connectivity index (χ0v) is 19.1. The van der Waals surface area contributed by atoms with Crippen molar-refractivity contribution >= 4 is 22.9 Å². The fraction of sp³-hybridized carbons (Fsp3) is 0.261. The number of benzene rings is 2. The third-order valence-corrected chi connectivity index (χ3v) is 4.79. The van der Waals surface area contributed by atoms with E-state index < -0.39 is 5.97 Å². The molecule has 0 bridgehead atoms. The quantitative estimate of drug-likeness (QED) is 0.286. The maximum atomic E-state index is 12.2.